The predicted molar refractivity (Wildman–Crippen MR) is 63.0 cm³/mol. The van der Waals surface area contributed by atoms with E-state index in [1.807, 2.05) is 4.72 Å². The summed E-state index contributed by atoms with van der Waals surface area (Å²) in [7, 11) is -4.27. The van der Waals surface area contributed by atoms with Gasteiger partial charge in [-0.2, -0.15) is 0 Å². The number of benzene rings is 1. The quantitative estimate of drug-likeness (QED) is 0.746. The molecule has 0 unspecified atom stereocenters. The van der Waals surface area contributed by atoms with Gasteiger partial charge in [-0.3, -0.25) is 4.79 Å². The van der Waals surface area contributed by atoms with Gasteiger partial charge in [0, 0.05) is 13.0 Å². The van der Waals surface area contributed by atoms with Crippen molar-refractivity contribution >= 4 is 16.0 Å². The summed E-state index contributed by atoms with van der Waals surface area (Å²) in [5.41, 5.74) is 0. The van der Waals surface area contributed by atoms with E-state index in [9.17, 15) is 22.0 Å². The highest BCUT2D eigenvalue weighted by molar-refractivity contribution is 7.89. The van der Waals surface area contributed by atoms with Crippen LogP contribution in [0.25, 0.3) is 0 Å². The van der Waals surface area contributed by atoms with Gasteiger partial charge in [0.1, 0.15) is 11.6 Å². The Kier molecular flexibility index (Phi) is 5.37. The van der Waals surface area contributed by atoms with Crippen molar-refractivity contribution in [3.05, 3.63) is 29.8 Å². The van der Waals surface area contributed by atoms with Crippen LogP contribution in [0.5, 0.6) is 0 Å². The lowest BCUT2D eigenvalue weighted by Gasteiger charge is -2.08. The van der Waals surface area contributed by atoms with E-state index in [1.54, 1.807) is 0 Å². The number of aliphatic carboxylic acids is 1. The van der Waals surface area contributed by atoms with Crippen LogP contribution < -0.4 is 4.72 Å². The molecule has 0 heterocycles. The summed E-state index contributed by atoms with van der Waals surface area (Å²) in [6, 6.07) is 2.76. The Bertz CT molecular complexity index is 540. The molecule has 0 saturated heterocycles. The lowest BCUT2D eigenvalue weighted by Crippen LogP contribution is -2.26. The second-order valence-corrected chi connectivity index (χ2v) is 5.50. The molecule has 19 heavy (non-hydrogen) atoms. The molecule has 0 amide bonds. The fraction of sp³-hybridized carbons (Fsp3) is 0.364. The molecule has 0 aromatic heterocycles. The first-order valence-corrected chi connectivity index (χ1v) is 6.98. The minimum atomic E-state index is -4.27. The van der Waals surface area contributed by atoms with E-state index < -0.39 is 32.5 Å². The topological polar surface area (TPSA) is 83.5 Å². The van der Waals surface area contributed by atoms with Crippen LogP contribution in [0.3, 0.4) is 0 Å². The molecule has 1 aromatic carbocycles. The highest BCUT2D eigenvalue weighted by Crippen LogP contribution is 2.17. The summed E-state index contributed by atoms with van der Waals surface area (Å²) < 4.78 is 51.9. The standard InChI is InChI=1S/C11H13F2NO4S/c12-8-4-3-5-9(13)11(8)19(17,18)14-7-2-1-6-10(15)16/h3-5,14H,1-2,6-7H2,(H,15,16). The van der Waals surface area contributed by atoms with Crippen molar-refractivity contribution in [2.24, 2.45) is 0 Å². The van der Waals surface area contributed by atoms with Gasteiger partial charge in [-0.1, -0.05) is 6.07 Å². The highest BCUT2D eigenvalue weighted by atomic mass is 32.2. The zero-order chi connectivity index (χ0) is 14.5. The number of carboxylic acids is 1. The van der Waals surface area contributed by atoms with Gasteiger partial charge in [0.05, 0.1) is 0 Å². The first kappa shape index (κ1) is 15.5. The van der Waals surface area contributed by atoms with Crippen LogP contribution in [-0.4, -0.2) is 26.0 Å². The summed E-state index contributed by atoms with van der Waals surface area (Å²) in [5, 5.41) is 8.39. The minimum absolute atomic E-state index is 0.0800. The Balaban J connectivity index is 2.64. The van der Waals surface area contributed by atoms with E-state index in [1.165, 1.54) is 0 Å². The number of unbranched alkanes of at least 4 members (excludes halogenated alkanes) is 1. The molecule has 106 valence electrons. The first-order chi connectivity index (χ1) is 8.84. The second kappa shape index (κ2) is 6.58. The average Bonchev–Trinajstić information content (AvgIpc) is 2.27. The number of hydrogen-bond acceptors (Lipinski definition) is 3. The SMILES string of the molecule is O=C(O)CCCCNS(=O)(=O)c1c(F)cccc1F. The van der Waals surface area contributed by atoms with Crippen LogP contribution in [-0.2, 0) is 14.8 Å². The Hall–Kier alpha value is -1.54. The molecule has 0 bridgehead atoms. The van der Waals surface area contributed by atoms with Gasteiger partial charge in [-0.25, -0.2) is 21.9 Å². The predicted octanol–water partition coefficient (Wildman–Crippen LogP) is 1.50. The largest absolute Gasteiger partial charge is 0.481 e. The van der Waals surface area contributed by atoms with E-state index in [-0.39, 0.29) is 25.8 Å². The van der Waals surface area contributed by atoms with Crippen LogP contribution in [0.15, 0.2) is 23.1 Å². The van der Waals surface area contributed by atoms with Gasteiger partial charge < -0.3 is 5.11 Å². The summed E-state index contributed by atoms with van der Waals surface area (Å²) >= 11 is 0. The molecule has 0 spiro atoms. The fourth-order valence-corrected chi connectivity index (χ4v) is 2.63. The summed E-state index contributed by atoms with van der Waals surface area (Å²) in [5.74, 6) is -3.32. The molecule has 0 radical (unpaired) electrons. The van der Waals surface area contributed by atoms with Crippen molar-refractivity contribution < 1.29 is 27.1 Å². The molecule has 0 aliphatic carbocycles. The lowest BCUT2D eigenvalue weighted by molar-refractivity contribution is -0.137. The van der Waals surface area contributed by atoms with Crippen LogP contribution in [0.2, 0.25) is 0 Å². The summed E-state index contributed by atoms with van der Waals surface area (Å²) in [6.45, 7) is -0.0800. The van der Waals surface area contributed by atoms with E-state index in [0.717, 1.165) is 18.2 Å². The Morgan fingerprint density at radius 3 is 2.32 bits per heavy atom. The monoisotopic (exact) mass is 293 g/mol. The number of nitrogens with one attached hydrogen (secondary N) is 1. The molecule has 0 aliphatic rings. The number of rotatable bonds is 7. The van der Waals surface area contributed by atoms with Gasteiger partial charge in [-0.15, -0.1) is 0 Å². The summed E-state index contributed by atoms with van der Waals surface area (Å²) in [6.07, 6.45) is 0.453. The number of sulfonamides is 1. The Morgan fingerprint density at radius 2 is 1.79 bits per heavy atom. The van der Waals surface area contributed by atoms with Crippen molar-refractivity contribution in [1.29, 1.82) is 0 Å². The van der Waals surface area contributed by atoms with Crippen molar-refractivity contribution in [2.45, 2.75) is 24.2 Å². The maximum absolute atomic E-state index is 13.3. The molecule has 5 nitrogen and oxygen atoms in total. The van der Waals surface area contributed by atoms with E-state index in [4.69, 9.17) is 5.11 Å². The number of carbonyl (C=O) groups is 1. The molecule has 0 atom stereocenters. The highest BCUT2D eigenvalue weighted by Gasteiger charge is 2.22. The normalized spacial score (nSPS) is 11.5. The molecule has 1 rings (SSSR count). The van der Waals surface area contributed by atoms with Crippen LogP contribution in [0.1, 0.15) is 19.3 Å². The Labute approximate surface area is 109 Å². The maximum atomic E-state index is 13.3. The number of carboxylic acid groups (broad SMARTS) is 1. The third-order valence-electron chi connectivity index (χ3n) is 2.30. The second-order valence-electron chi connectivity index (χ2n) is 3.80. The van der Waals surface area contributed by atoms with Gasteiger partial charge in [-0.05, 0) is 25.0 Å². The maximum Gasteiger partial charge on any atom is 0.303 e. The van der Waals surface area contributed by atoms with Gasteiger partial charge in [0.15, 0.2) is 4.90 Å². The third-order valence-corrected chi connectivity index (χ3v) is 3.81. The van der Waals surface area contributed by atoms with Gasteiger partial charge in [0.2, 0.25) is 10.0 Å². The fourth-order valence-electron chi connectivity index (χ4n) is 1.42. The van der Waals surface area contributed by atoms with Crippen molar-refractivity contribution in [3.8, 4) is 0 Å². The lowest BCUT2D eigenvalue weighted by atomic mass is 10.2. The smallest absolute Gasteiger partial charge is 0.303 e. The summed E-state index contributed by atoms with van der Waals surface area (Å²) in [4.78, 5) is 9.21. The third kappa shape index (κ3) is 4.56. The van der Waals surface area contributed by atoms with Crippen molar-refractivity contribution in [2.75, 3.05) is 6.54 Å². The molecule has 0 saturated carbocycles. The van der Waals surface area contributed by atoms with Crippen LogP contribution in [0.4, 0.5) is 8.78 Å². The Morgan fingerprint density at radius 1 is 1.21 bits per heavy atom. The zero-order valence-electron chi connectivity index (χ0n) is 9.90. The number of halogens is 2. The van der Waals surface area contributed by atoms with E-state index in [2.05, 4.69) is 0 Å². The molecule has 1 aromatic rings. The van der Waals surface area contributed by atoms with Crippen molar-refractivity contribution in [1.82, 2.24) is 4.72 Å². The molecule has 8 heteroatoms. The molecular formula is C11H13F2NO4S. The minimum Gasteiger partial charge on any atom is -0.481 e. The van der Waals surface area contributed by atoms with Crippen LogP contribution >= 0.6 is 0 Å². The van der Waals surface area contributed by atoms with Gasteiger partial charge in [0.25, 0.3) is 0 Å². The zero-order valence-corrected chi connectivity index (χ0v) is 10.7. The first-order valence-electron chi connectivity index (χ1n) is 5.50. The van der Waals surface area contributed by atoms with Crippen molar-refractivity contribution in [3.63, 3.8) is 0 Å². The average molecular weight is 293 g/mol. The van der Waals surface area contributed by atoms with Gasteiger partial charge >= 0.3 is 5.97 Å². The molecule has 2 N–H and O–H groups in total. The number of hydrogen-bond donors (Lipinski definition) is 2. The van der Waals surface area contributed by atoms with E-state index >= 15 is 0 Å². The molecule has 0 aliphatic heterocycles. The molecule has 0 fully saturated rings. The van der Waals surface area contributed by atoms with Crippen LogP contribution in [0, 0.1) is 11.6 Å². The van der Waals surface area contributed by atoms with E-state index in [0.29, 0.717) is 0 Å². The molecular weight excluding hydrogens is 280 g/mol.